The van der Waals surface area contributed by atoms with Gasteiger partial charge in [0.05, 0.1) is 11.1 Å². The number of carbonyl (C=O) groups is 2. The fourth-order valence-electron chi connectivity index (χ4n) is 4.72. The maximum Gasteiger partial charge on any atom is 0.335 e. The molecule has 4 N–H and O–H groups in total. The van der Waals surface area contributed by atoms with Crippen LogP contribution in [-0.4, -0.2) is 32.4 Å². The third-order valence-electron chi connectivity index (χ3n) is 6.58. The molecule has 0 fully saturated rings. The summed E-state index contributed by atoms with van der Waals surface area (Å²) in [7, 11) is 0. The average Bonchev–Trinajstić information content (AvgIpc) is 2.90. The number of carboxylic acids is 2. The van der Waals surface area contributed by atoms with Gasteiger partial charge in [0.1, 0.15) is 11.2 Å². The second-order valence-corrected chi connectivity index (χ2v) is 8.73. The van der Waals surface area contributed by atoms with Gasteiger partial charge in [0.2, 0.25) is 0 Å². The molecular formula is C30H26O6. The van der Waals surface area contributed by atoms with E-state index < -0.39 is 23.1 Å². The molecule has 4 rings (SSSR count). The van der Waals surface area contributed by atoms with Crippen molar-refractivity contribution in [2.24, 2.45) is 0 Å². The maximum absolute atomic E-state index is 12.5. The lowest BCUT2D eigenvalue weighted by Gasteiger charge is -2.45. The van der Waals surface area contributed by atoms with Gasteiger partial charge in [-0.25, -0.2) is 9.59 Å². The Morgan fingerprint density at radius 2 is 0.806 bits per heavy atom. The molecule has 0 unspecified atom stereocenters. The monoisotopic (exact) mass is 482 g/mol. The van der Waals surface area contributed by atoms with Crippen LogP contribution in [0.5, 0.6) is 0 Å². The molecule has 0 saturated heterocycles. The molecule has 0 amide bonds. The van der Waals surface area contributed by atoms with Crippen molar-refractivity contribution < 1.29 is 30.0 Å². The first-order valence-electron chi connectivity index (χ1n) is 11.4. The molecule has 0 aromatic heterocycles. The number of benzene rings is 4. The molecule has 182 valence electrons. The van der Waals surface area contributed by atoms with Crippen LogP contribution in [0.3, 0.4) is 0 Å². The molecule has 0 aliphatic rings. The highest BCUT2D eigenvalue weighted by Gasteiger charge is 2.52. The summed E-state index contributed by atoms with van der Waals surface area (Å²) in [5.41, 5.74) is -2.66. The van der Waals surface area contributed by atoms with Crippen LogP contribution in [0.25, 0.3) is 0 Å². The first-order valence-corrected chi connectivity index (χ1v) is 11.4. The van der Waals surface area contributed by atoms with Crippen molar-refractivity contribution in [1.29, 1.82) is 0 Å². The highest BCUT2D eigenvalue weighted by atomic mass is 16.4. The molecule has 0 radical (unpaired) electrons. The SMILES string of the molecule is O=C(O)c1ccccc1C[C@@](O)(c1ccccc1)[C@@](O)(Cc1ccccc1C(=O)O)c1ccccc1. The van der Waals surface area contributed by atoms with E-state index in [4.69, 9.17) is 0 Å². The quantitative estimate of drug-likeness (QED) is 0.276. The van der Waals surface area contributed by atoms with Crippen LogP contribution in [-0.2, 0) is 24.0 Å². The largest absolute Gasteiger partial charge is 0.478 e. The lowest BCUT2D eigenvalue weighted by Crippen LogP contribution is -2.52. The summed E-state index contributed by atoms with van der Waals surface area (Å²) >= 11 is 0. The zero-order valence-electron chi connectivity index (χ0n) is 19.4. The molecule has 4 aromatic rings. The first kappa shape index (κ1) is 24.9. The van der Waals surface area contributed by atoms with E-state index in [1.807, 2.05) is 0 Å². The van der Waals surface area contributed by atoms with Crippen molar-refractivity contribution in [2.75, 3.05) is 0 Å². The highest BCUT2D eigenvalue weighted by molar-refractivity contribution is 5.90. The summed E-state index contributed by atoms with van der Waals surface area (Å²) in [6.07, 6.45) is -0.472. The summed E-state index contributed by atoms with van der Waals surface area (Å²) in [6.45, 7) is 0. The Morgan fingerprint density at radius 3 is 1.14 bits per heavy atom. The Labute approximate surface area is 208 Å². The van der Waals surface area contributed by atoms with Gasteiger partial charge in [-0.1, -0.05) is 97.1 Å². The van der Waals surface area contributed by atoms with Crippen LogP contribution in [0, 0.1) is 0 Å². The van der Waals surface area contributed by atoms with Crippen LogP contribution in [0.4, 0.5) is 0 Å². The fourth-order valence-corrected chi connectivity index (χ4v) is 4.72. The summed E-state index contributed by atoms with van der Waals surface area (Å²) in [4.78, 5) is 23.9. The normalized spacial score (nSPS) is 14.4. The van der Waals surface area contributed by atoms with Crippen LogP contribution < -0.4 is 0 Å². The topological polar surface area (TPSA) is 115 Å². The maximum atomic E-state index is 12.5. The Balaban J connectivity index is 1.98. The van der Waals surface area contributed by atoms with E-state index in [-0.39, 0.29) is 24.0 Å². The predicted octanol–water partition coefficient (Wildman–Crippen LogP) is 4.64. The summed E-state index contributed by atoms with van der Waals surface area (Å²) in [5, 5.41) is 44.6. The molecule has 2 atom stereocenters. The number of hydrogen-bond donors (Lipinski definition) is 4. The molecule has 0 saturated carbocycles. The van der Waals surface area contributed by atoms with Crippen LogP contribution >= 0.6 is 0 Å². The van der Waals surface area contributed by atoms with E-state index >= 15 is 0 Å². The molecular weight excluding hydrogens is 456 g/mol. The van der Waals surface area contributed by atoms with E-state index in [1.165, 1.54) is 12.1 Å². The van der Waals surface area contributed by atoms with Crippen molar-refractivity contribution in [1.82, 2.24) is 0 Å². The van der Waals surface area contributed by atoms with Crippen molar-refractivity contribution in [2.45, 2.75) is 24.0 Å². The van der Waals surface area contributed by atoms with Gasteiger partial charge in [-0.05, 0) is 34.4 Å². The average molecular weight is 483 g/mol. The van der Waals surface area contributed by atoms with Crippen LogP contribution in [0.2, 0.25) is 0 Å². The zero-order valence-corrected chi connectivity index (χ0v) is 19.4. The van der Waals surface area contributed by atoms with Crippen molar-refractivity contribution in [3.8, 4) is 0 Å². The van der Waals surface area contributed by atoms with Gasteiger partial charge in [-0.15, -0.1) is 0 Å². The number of hydrogen-bond acceptors (Lipinski definition) is 4. The van der Waals surface area contributed by atoms with E-state index in [1.54, 1.807) is 97.1 Å². The Bertz CT molecular complexity index is 1260. The smallest absolute Gasteiger partial charge is 0.335 e. The fraction of sp³-hybridized carbons (Fsp3) is 0.133. The lowest BCUT2D eigenvalue weighted by atomic mass is 9.67. The van der Waals surface area contributed by atoms with Gasteiger partial charge < -0.3 is 20.4 Å². The molecule has 0 aliphatic heterocycles. The highest BCUT2D eigenvalue weighted by Crippen LogP contribution is 2.46. The summed E-state index contributed by atoms with van der Waals surface area (Å²) in [6, 6.07) is 29.8. The third-order valence-corrected chi connectivity index (χ3v) is 6.58. The molecule has 0 bridgehead atoms. The number of aliphatic hydroxyl groups is 2. The molecule has 4 aromatic carbocycles. The lowest BCUT2D eigenvalue weighted by molar-refractivity contribution is -0.165. The van der Waals surface area contributed by atoms with Crippen molar-refractivity contribution in [3.63, 3.8) is 0 Å². The van der Waals surface area contributed by atoms with Gasteiger partial charge in [0.15, 0.2) is 0 Å². The predicted molar refractivity (Wildman–Crippen MR) is 135 cm³/mol. The summed E-state index contributed by atoms with van der Waals surface area (Å²) in [5.74, 6) is -2.30. The van der Waals surface area contributed by atoms with Gasteiger partial charge in [-0.2, -0.15) is 0 Å². The molecule has 6 nitrogen and oxygen atoms in total. The number of aromatic carboxylic acids is 2. The van der Waals surface area contributed by atoms with E-state index in [0.29, 0.717) is 22.3 Å². The molecule has 0 heterocycles. The van der Waals surface area contributed by atoms with Crippen LogP contribution in [0.1, 0.15) is 43.0 Å². The van der Waals surface area contributed by atoms with Crippen molar-refractivity contribution in [3.05, 3.63) is 143 Å². The summed E-state index contributed by atoms with van der Waals surface area (Å²) < 4.78 is 0. The Morgan fingerprint density at radius 1 is 0.500 bits per heavy atom. The molecule has 0 aliphatic carbocycles. The number of carboxylic acid groups (broad SMARTS) is 2. The minimum absolute atomic E-state index is 0.00760. The first-order chi connectivity index (χ1) is 17.3. The second-order valence-electron chi connectivity index (χ2n) is 8.73. The van der Waals surface area contributed by atoms with Gasteiger partial charge in [0, 0.05) is 12.8 Å². The standard InChI is InChI=1S/C30H26O6/c31-27(32)25-17-9-7-11-21(25)19-29(35,23-13-3-1-4-14-23)30(36,24-15-5-2-6-16-24)20-22-12-8-10-18-26(22)28(33)34/h1-18,35-36H,19-20H2,(H,31,32)(H,33,34)/t29-,30-/m1/s1. The Hall–Kier alpha value is -4.26. The van der Waals surface area contributed by atoms with E-state index in [0.717, 1.165) is 0 Å². The van der Waals surface area contributed by atoms with Crippen LogP contribution in [0.15, 0.2) is 109 Å². The zero-order chi connectivity index (χ0) is 25.8. The second kappa shape index (κ2) is 10.2. The van der Waals surface area contributed by atoms with E-state index in [2.05, 4.69) is 0 Å². The molecule has 6 heteroatoms. The van der Waals surface area contributed by atoms with Gasteiger partial charge in [0.25, 0.3) is 0 Å². The third kappa shape index (κ3) is 4.64. The Kier molecular flexibility index (Phi) is 7.01. The van der Waals surface area contributed by atoms with Crippen molar-refractivity contribution >= 4 is 11.9 Å². The minimum atomic E-state index is -2.03. The minimum Gasteiger partial charge on any atom is -0.478 e. The number of rotatable bonds is 9. The van der Waals surface area contributed by atoms with Gasteiger partial charge in [-0.3, -0.25) is 0 Å². The van der Waals surface area contributed by atoms with Gasteiger partial charge >= 0.3 is 11.9 Å². The molecule has 36 heavy (non-hydrogen) atoms. The molecule has 0 spiro atoms. The van der Waals surface area contributed by atoms with E-state index in [9.17, 15) is 30.0 Å².